The number of esters is 1. The first-order valence-corrected chi connectivity index (χ1v) is 29.6. The minimum atomic E-state index is -1.17. The molecule has 4 atom stereocenters. The van der Waals surface area contributed by atoms with Crippen molar-refractivity contribution in [3.63, 3.8) is 0 Å². The smallest absolute Gasteiger partial charge is 0.355 e. The third-order valence-electron chi connectivity index (χ3n) is 16.0. The lowest BCUT2D eigenvalue weighted by Gasteiger charge is -2.36. The number of amides is 4. The molecule has 2 aliphatic heterocycles. The van der Waals surface area contributed by atoms with Crippen molar-refractivity contribution >= 4 is 79.4 Å². The summed E-state index contributed by atoms with van der Waals surface area (Å²) in [5, 5.41) is 20.2. The Balaban J connectivity index is 0.752. The van der Waals surface area contributed by atoms with Crippen LogP contribution in [0.1, 0.15) is 128 Å². The van der Waals surface area contributed by atoms with Gasteiger partial charge in [-0.05, 0) is 134 Å². The molecule has 0 radical (unpaired) electrons. The van der Waals surface area contributed by atoms with Crippen LogP contribution in [-0.4, -0.2) is 97.9 Å². The molecule has 5 heterocycles. The number of likely N-dealkylation sites (tertiary alicyclic amines) is 1. The lowest BCUT2D eigenvalue weighted by molar-refractivity contribution is -0.147. The Hall–Kier alpha value is -8.03. The quantitative estimate of drug-likeness (QED) is 0.0662. The highest BCUT2D eigenvalue weighted by Crippen LogP contribution is 2.38. The molecule has 3 aliphatic rings. The number of pyridine rings is 1. The summed E-state index contributed by atoms with van der Waals surface area (Å²) in [6.45, 7) is 13.6. The number of aryl methyl sites for hydroxylation is 1. The minimum Gasteiger partial charge on any atom is -0.490 e. The van der Waals surface area contributed by atoms with Crippen molar-refractivity contribution in [2.75, 3.05) is 23.3 Å². The van der Waals surface area contributed by atoms with E-state index in [1.165, 1.54) is 23.2 Å². The number of hydrogen-bond donors (Lipinski definition) is 4. The molecule has 17 nitrogen and oxygen atoms in total. The maximum atomic E-state index is 14.6. The second-order valence-electron chi connectivity index (χ2n) is 22.8. The molecule has 19 heteroatoms. The van der Waals surface area contributed by atoms with E-state index in [1.54, 1.807) is 23.5 Å². The van der Waals surface area contributed by atoms with Crippen LogP contribution in [0.5, 0.6) is 5.75 Å². The lowest BCUT2D eigenvalue weighted by Crippen LogP contribution is -2.58. The Kier molecular flexibility index (Phi) is 16.9. The van der Waals surface area contributed by atoms with Gasteiger partial charge in [-0.2, -0.15) is 0 Å². The van der Waals surface area contributed by atoms with E-state index in [1.807, 2.05) is 137 Å². The second kappa shape index (κ2) is 24.2. The number of ether oxygens (including phenoxy) is 2. The summed E-state index contributed by atoms with van der Waals surface area (Å²) in [7, 11) is 0. The number of carboxylic acids is 1. The number of nitrogens with zero attached hydrogens (tertiary/aromatic N) is 5. The number of anilines is 2. The highest BCUT2D eigenvalue weighted by Gasteiger charge is 2.46. The van der Waals surface area contributed by atoms with Crippen molar-refractivity contribution < 1.29 is 43.3 Å². The third-order valence-corrected chi connectivity index (χ3v) is 17.9. The van der Waals surface area contributed by atoms with Crippen LogP contribution in [0, 0.1) is 25.2 Å². The molecule has 1 saturated carbocycles. The number of carbonyl (C=O) groups excluding carboxylic acids is 5. The molecule has 4 N–H and O–H groups in total. The van der Waals surface area contributed by atoms with Crippen LogP contribution >= 0.6 is 22.7 Å². The van der Waals surface area contributed by atoms with E-state index < -0.39 is 47.5 Å². The maximum absolute atomic E-state index is 14.6. The highest BCUT2D eigenvalue weighted by atomic mass is 32.1. The monoisotopic (exact) mass is 1140 g/mol. The number of carboxylic acid groups (broad SMARTS) is 1. The van der Waals surface area contributed by atoms with Gasteiger partial charge in [0.15, 0.2) is 10.8 Å². The summed E-state index contributed by atoms with van der Waals surface area (Å²) in [5.74, 6) is -1.85. The Labute approximate surface area is 484 Å². The molecule has 426 valence electrons. The van der Waals surface area contributed by atoms with Gasteiger partial charge >= 0.3 is 11.9 Å². The molecule has 4 unspecified atom stereocenters. The number of nitrogens with one attached hydrogen (secondary N) is 3. The van der Waals surface area contributed by atoms with Crippen LogP contribution in [0.25, 0.3) is 31.8 Å². The third kappa shape index (κ3) is 12.7. The summed E-state index contributed by atoms with van der Waals surface area (Å²) < 4.78 is 13.2. The van der Waals surface area contributed by atoms with Crippen LogP contribution in [0.15, 0.2) is 103 Å². The molecule has 3 aromatic heterocycles. The average Bonchev–Trinajstić information content (AvgIpc) is 4.28. The largest absolute Gasteiger partial charge is 0.490 e. The Morgan fingerprint density at radius 1 is 0.841 bits per heavy atom. The zero-order valence-electron chi connectivity index (χ0n) is 47.1. The van der Waals surface area contributed by atoms with Gasteiger partial charge in [0.05, 0.1) is 45.0 Å². The maximum Gasteiger partial charge on any atom is 0.355 e. The number of carbonyl (C=O) groups is 6. The molecule has 4 amide bonds. The molecule has 0 bridgehead atoms. The number of rotatable bonds is 16. The first kappa shape index (κ1) is 57.2. The molecule has 0 spiro atoms. The molecular formula is C63H68N8O9S2. The van der Waals surface area contributed by atoms with Gasteiger partial charge < -0.3 is 35.0 Å². The van der Waals surface area contributed by atoms with E-state index in [0.29, 0.717) is 78.6 Å². The van der Waals surface area contributed by atoms with E-state index in [-0.39, 0.29) is 54.8 Å². The molecular weight excluding hydrogens is 1080 g/mol. The predicted molar refractivity (Wildman–Crippen MR) is 317 cm³/mol. The number of benzene rings is 4. The summed E-state index contributed by atoms with van der Waals surface area (Å²) in [4.78, 5) is 99.7. The standard InChI is InChI=1S/C63H68N8O9S2/c1-35-45(46-26-27-53(67-55(46)61(77)78)70-29-28-41-12-10-14-47(48(41)33-70)58(74)69-62-66-49-15-8-9-17-52(49)82-62)13-11-16-51(35)80-43-24-18-39(19-25-43)30-54(73)68-57(63(5,6)7)60(76)71-32-44(79-38(4)72)31-50(71)59(75)65-36(2)40-20-22-42(23-21-40)56-37(3)64-34-81-56/h8-17,20-23,26-27,34,36,39,43-44,50,57H,18-19,24-25,28-33H2,1-7H3,(H,65,75)(H,68,73)(H,77,78)(H,66,69,74). The van der Waals surface area contributed by atoms with Crippen molar-refractivity contribution in [3.8, 4) is 27.3 Å². The van der Waals surface area contributed by atoms with Gasteiger partial charge in [0.2, 0.25) is 17.7 Å². The molecule has 4 aromatic carbocycles. The Morgan fingerprint density at radius 2 is 1.60 bits per heavy atom. The van der Waals surface area contributed by atoms with Gasteiger partial charge in [0.25, 0.3) is 5.91 Å². The second-order valence-corrected chi connectivity index (χ2v) is 24.7. The Morgan fingerprint density at radius 3 is 2.30 bits per heavy atom. The van der Waals surface area contributed by atoms with E-state index in [2.05, 4.69) is 25.9 Å². The summed E-state index contributed by atoms with van der Waals surface area (Å²) in [6, 6.07) is 28.3. The van der Waals surface area contributed by atoms with Gasteiger partial charge in [-0.15, -0.1) is 11.3 Å². The summed E-state index contributed by atoms with van der Waals surface area (Å²) in [5.41, 5.74) is 9.01. The van der Waals surface area contributed by atoms with Crippen molar-refractivity contribution in [3.05, 3.63) is 142 Å². The number of para-hydroxylation sites is 1. The van der Waals surface area contributed by atoms with E-state index in [0.717, 1.165) is 48.6 Å². The van der Waals surface area contributed by atoms with Gasteiger partial charge in [-0.25, -0.2) is 19.7 Å². The highest BCUT2D eigenvalue weighted by molar-refractivity contribution is 7.22. The number of fused-ring (bicyclic) bond motifs is 2. The van der Waals surface area contributed by atoms with Crippen molar-refractivity contribution in [1.82, 2.24) is 30.5 Å². The van der Waals surface area contributed by atoms with Crippen LogP contribution in [0.4, 0.5) is 10.9 Å². The number of aromatic nitrogens is 3. The first-order valence-electron chi connectivity index (χ1n) is 27.9. The van der Waals surface area contributed by atoms with Gasteiger partial charge in [0.1, 0.15) is 29.8 Å². The van der Waals surface area contributed by atoms with Gasteiger partial charge in [-0.1, -0.05) is 92.8 Å². The van der Waals surface area contributed by atoms with Crippen molar-refractivity contribution in [2.24, 2.45) is 11.3 Å². The topological polar surface area (TPSA) is 222 Å². The zero-order chi connectivity index (χ0) is 58.0. The van der Waals surface area contributed by atoms with Crippen LogP contribution in [0.2, 0.25) is 0 Å². The molecule has 7 aromatic rings. The zero-order valence-corrected chi connectivity index (χ0v) is 48.7. The summed E-state index contributed by atoms with van der Waals surface area (Å²) >= 11 is 2.98. The van der Waals surface area contributed by atoms with Gasteiger partial charge in [-0.3, -0.25) is 29.3 Å². The molecule has 10 rings (SSSR count). The van der Waals surface area contributed by atoms with E-state index in [9.17, 15) is 33.9 Å². The predicted octanol–water partition coefficient (Wildman–Crippen LogP) is 10.9. The van der Waals surface area contributed by atoms with E-state index in [4.69, 9.17) is 14.5 Å². The molecule has 1 aliphatic carbocycles. The van der Waals surface area contributed by atoms with Crippen LogP contribution < -0.4 is 25.6 Å². The van der Waals surface area contributed by atoms with Crippen molar-refractivity contribution in [2.45, 2.75) is 130 Å². The molecule has 2 fully saturated rings. The van der Waals surface area contributed by atoms with Crippen LogP contribution in [-0.2, 0) is 36.9 Å². The lowest BCUT2D eigenvalue weighted by atomic mass is 9.83. The number of aromatic carboxylic acids is 1. The van der Waals surface area contributed by atoms with Gasteiger partial charge in [0, 0.05) is 44.0 Å². The molecule has 1 saturated heterocycles. The molecule has 82 heavy (non-hydrogen) atoms. The minimum absolute atomic E-state index is 0.0133. The fourth-order valence-corrected chi connectivity index (χ4v) is 13.2. The van der Waals surface area contributed by atoms with Crippen LogP contribution in [0.3, 0.4) is 0 Å². The SMILES string of the molecule is CC(=O)OC1CC(C(=O)NC(C)c2ccc(-c3scnc3C)cc2)N(C(=O)C(NC(=O)CC2CCC(Oc3cccc(-c4ccc(N5CCc6cccc(C(=O)Nc7nc8ccccc8s7)c6C5)nc4C(=O)O)c3C)CC2)C(C)(C)C)C1. The fraction of sp³-hybridized carbons (Fsp3) is 0.381. The number of thiazole rings is 2. The first-order chi connectivity index (χ1) is 39.3. The normalized spacial score (nSPS) is 18.7. The van der Waals surface area contributed by atoms with Crippen molar-refractivity contribution in [1.29, 1.82) is 0 Å². The average molecular weight is 1150 g/mol. The number of hydrogen-bond acceptors (Lipinski definition) is 14. The Bertz CT molecular complexity index is 3530. The summed E-state index contributed by atoms with van der Waals surface area (Å²) in [6.07, 6.45) is 2.90. The van der Waals surface area contributed by atoms with E-state index >= 15 is 0 Å². The fourth-order valence-electron chi connectivity index (χ4n) is 11.6.